The second kappa shape index (κ2) is 5.26. The first-order chi connectivity index (χ1) is 10.2. The SMILES string of the molecule is CCC1CCNC(C(=O)NC23CC4CC(CC(C4)C2)C3)C1. The van der Waals surface area contributed by atoms with Gasteiger partial charge in [-0.1, -0.05) is 13.3 Å². The number of piperidine rings is 1. The van der Waals surface area contributed by atoms with E-state index in [0.717, 1.165) is 36.6 Å². The Kier molecular flexibility index (Phi) is 3.52. The van der Waals surface area contributed by atoms with Crippen molar-refractivity contribution in [3.05, 3.63) is 0 Å². The van der Waals surface area contributed by atoms with Crippen molar-refractivity contribution in [3.63, 3.8) is 0 Å². The van der Waals surface area contributed by atoms with Gasteiger partial charge in [-0.3, -0.25) is 4.79 Å². The molecule has 4 saturated carbocycles. The number of carbonyl (C=O) groups is 1. The van der Waals surface area contributed by atoms with E-state index in [-0.39, 0.29) is 11.6 Å². The first-order valence-corrected chi connectivity index (χ1v) is 9.21. The summed E-state index contributed by atoms with van der Waals surface area (Å²) in [4.78, 5) is 12.8. The molecule has 5 aliphatic rings. The van der Waals surface area contributed by atoms with Gasteiger partial charge in [-0.2, -0.15) is 0 Å². The van der Waals surface area contributed by atoms with E-state index in [1.807, 2.05) is 0 Å². The zero-order valence-corrected chi connectivity index (χ0v) is 13.4. The van der Waals surface area contributed by atoms with Crippen LogP contribution in [0.3, 0.4) is 0 Å². The molecule has 3 heteroatoms. The number of amides is 1. The van der Waals surface area contributed by atoms with Crippen LogP contribution >= 0.6 is 0 Å². The fourth-order valence-corrected chi connectivity index (χ4v) is 6.18. The molecule has 0 aromatic heterocycles. The molecule has 2 N–H and O–H groups in total. The second-order valence-corrected chi connectivity index (χ2v) is 8.49. The van der Waals surface area contributed by atoms with Gasteiger partial charge in [0.1, 0.15) is 0 Å². The van der Waals surface area contributed by atoms with Gasteiger partial charge in [-0.25, -0.2) is 0 Å². The molecule has 1 amide bonds. The Bertz CT molecular complexity index is 384. The third-order valence-corrected chi connectivity index (χ3v) is 6.83. The molecule has 0 aromatic carbocycles. The van der Waals surface area contributed by atoms with Crippen LogP contribution in [0.4, 0.5) is 0 Å². The van der Waals surface area contributed by atoms with Crippen LogP contribution in [-0.2, 0) is 4.79 Å². The molecule has 0 aromatic rings. The number of nitrogens with one attached hydrogen (secondary N) is 2. The highest BCUT2D eigenvalue weighted by Crippen LogP contribution is 2.55. The van der Waals surface area contributed by atoms with E-state index in [9.17, 15) is 4.79 Å². The van der Waals surface area contributed by atoms with Gasteiger partial charge in [0.2, 0.25) is 5.91 Å². The predicted octanol–water partition coefficient (Wildman–Crippen LogP) is 2.85. The monoisotopic (exact) mass is 290 g/mol. The van der Waals surface area contributed by atoms with Crippen molar-refractivity contribution in [1.82, 2.24) is 10.6 Å². The van der Waals surface area contributed by atoms with E-state index < -0.39 is 0 Å². The summed E-state index contributed by atoms with van der Waals surface area (Å²) in [7, 11) is 0. The normalized spacial score (nSPS) is 48.3. The minimum atomic E-state index is 0.0664. The molecule has 0 spiro atoms. The maximum Gasteiger partial charge on any atom is 0.237 e. The molecule has 118 valence electrons. The molecule has 2 atom stereocenters. The van der Waals surface area contributed by atoms with Crippen LogP contribution in [0.1, 0.15) is 64.7 Å². The van der Waals surface area contributed by atoms with Crippen LogP contribution in [0.15, 0.2) is 0 Å². The first-order valence-electron chi connectivity index (χ1n) is 9.21. The maximum atomic E-state index is 12.8. The highest BCUT2D eigenvalue weighted by molar-refractivity contribution is 5.82. The highest BCUT2D eigenvalue weighted by atomic mass is 16.2. The van der Waals surface area contributed by atoms with Gasteiger partial charge in [-0.15, -0.1) is 0 Å². The molecule has 21 heavy (non-hydrogen) atoms. The largest absolute Gasteiger partial charge is 0.349 e. The Balaban J connectivity index is 1.42. The van der Waals surface area contributed by atoms with Gasteiger partial charge < -0.3 is 10.6 Å². The summed E-state index contributed by atoms with van der Waals surface area (Å²) >= 11 is 0. The molecule has 1 saturated heterocycles. The molecular weight excluding hydrogens is 260 g/mol. The van der Waals surface area contributed by atoms with E-state index in [1.54, 1.807) is 0 Å². The van der Waals surface area contributed by atoms with Gasteiger partial charge in [-0.05, 0) is 81.6 Å². The fourth-order valence-electron chi connectivity index (χ4n) is 6.18. The fraction of sp³-hybridized carbons (Fsp3) is 0.944. The third-order valence-electron chi connectivity index (χ3n) is 6.83. The van der Waals surface area contributed by atoms with Gasteiger partial charge in [0.15, 0.2) is 0 Å². The lowest BCUT2D eigenvalue weighted by atomic mass is 9.53. The van der Waals surface area contributed by atoms with Crippen molar-refractivity contribution in [2.24, 2.45) is 23.7 Å². The number of hydrogen-bond acceptors (Lipinski definition) is 2. The van der Waals surface area contributed by atoms with Crippen molar-refractivity contribution >= 4 is 5.91 Å². The smallest absolute Gasteiger partial charge is 0.237 e. The standard InChI is InChI=1S/C18H30N2O/c1-2-12-3-4-19-16(8-12)17(21)20-18-9-13-5-14(10-18)7-15(6-13)11-18/h12-16,19H,2-11H2,1H3,(H,20,21). The Labute approximate surface area is 128 Å². The van der Waals surface area contributed by atoms with Crippen LogP contribution in [-0.4, -0.2) is 24.0 Å². The Morgan fingerprint density at radius 2 is 1.71 bits per heavy atom. The van der Waals surface area contributed by atoms with E-state index in [0.29, 0.717) is 5.91 Å². The summed E-state index contributed by atoms with van der Waals surface area (Å²) in [5.74, 6) is 3.74. The van der Waals surface area contributed by atoms with Crippen LogP contribution in [0.5, 0.6) is 0 Å². The van der Waals surface area contributed by atoms with Crippen molar-refractivity contribution < 1.29 is 4.79 Å². The van der Waals surface area contributed by atoms with Crippen molar-refractivity contribution in [2.45, 2.75) is 76.3 Å². The van der Waals surface area contributed by atoms with E-state index in [1.165, 1.54) is 51.4 Å². The molecule has 1 heterocycles. The van der Waals surface area contributed by atoms with Crippen LogP contribution in [0.2, 0.25) is 0 Å². The minimum absolute atomic E-state index is 0.0664. The van der Waals surface area contributed by atoms with Crippen molar-refractivity contribution in [3.8, 4) is 0 Å². The third kappa shape index (κ3) is 2.62. The van der Waals surface area contributed by atoms with Crippen LogP contribution in [0.25, 0.3) is 0 Å². The summed E-state index contributed by atoms with van der Waals surface area (Å²) < 4.78 is 0. The summed E-state index contributed by atoms with van der Waals surface area (Å²) in [5, 5.41) is 6.99. The number of rotatable bonds is 3. The lowest BCUT2D eigenvalue weighted by Gasteiger charge is -2.57. The molecule has 0 radical (unpaired) electrons. The average Bonchev–Trinajstić information content (AvgIpc) is 2.45. The lowest BCUT2D eigenvalue weighted by Crippen LogP contribution is -2.63. The Hall–Kier alpha value is -0.570. The zero-order chi connectivity index (χ0) is 14.4. The van der Waals surface area contributed by atoms with Crippen LogP contribution in [0, 0.1) is 23.7 Å². The molecule has 1 aliphatic heterocycles. The van der Waals surface area contributed by atoms with E-state index in [4.69, 9.17) is 0 Å². The maximum absolute atomic E-state index is 12.8. The summed E-state index contributed by atoms with van der Waals surface area (Å²) in [6.45, 7) is 3.27. The molecule has 4 bridgehead atoms. The van der Waals surface area contributed by atoms with E-state index >= 15 is 0 Å². The van der Waals surface area contributed by atoms with Gasteiger partial charge >= 0.3 is 0 Å². The molecule has 5 fully saturated rings. The molecule has 2 unspecified atom stereocenters. The Morgan fingerprint density at radius 3 is 2.29 bits per heavy atom. The predicted molar refractivity (Wildman–Crippen MR) is 83.9 cm³/mol. The highest BCUT2D eigenvalue weighted by Gasteiger charge is 2.51. The van der Waals surface area contributed by atoms with Crippen LogP contribution < -0.4 is 10.6 Å². The molecular formula is C18H30N2O. The summed E-state index contributed by atoms with van der Waals surface area (Å²) in [6, 6.07) is 0.0664. The molecule has 4 aliphatic carbocycles. The van der Waals surface area contributed by atoms with Gasteiger partial charge in [0.05, 0.1) is 6.04 Å². The van der Waals surface area contributed by atoms with Crippen molar-refractivity contribution in [1.29, 1.82) is 0 Å². The number of hydrogen-bond donors (Lipinski definition) is 2. The lowest BCUT2D eigenvalue weighted by molar-refractivity contribution is -0.129. The average molecular weight is 290 g/mol. The summed E-state index contributed by atoms with van der Waals surface area (Å²) in [5.41, 5.74) is 0.173. The summed E-state index contributed by atoms with van der Waals surface area (Å²) in [6.07, 6.45) is 11.6. The van der Waals surface area contributed by atoms with Gasteiger partial charge in [0, 0.05) is 5.54 Å². The van der Waals surface area contributed by atoms with Gasteiger partial charge in [0.25, 0.3) is 0 Å². The van der Waals surface area contributed by atoms with E-state index in [2.05, 4.69) is 17.6 Å². The quantitative estimate of drug-likeness (QED) is 0.839. The number of carbonyl (C=O) groups excluding carboxylic acids is 1. The second-order valence-electron chi connectivity index (χ2n) is 8.49. The first kappa shape index (κ1) is 14.0. The van der Waals surface area contributed by atoms with Crippen molar-refractivity contribution in [2.75, 3.05) is 6.54 Å². The molecule has 5 rings (SSSR count). The minimum Gasteiger partial charge on any atom is -0.349 e. The molecule has 3 nitrogen and oxygen atoms in total. The zero-order valence-electron chi connectivity index (χ0n) is 13.4. The topological polar surface area (TPSA) is 41.1 Å². The Morgan fingerprint density at radius 1 is 1.10 bits per heavy atom.